The van der Waals surface area contributed by atoms with Gasteiger partial charge >= 0.3 is 6.03 Å². The van der Waals surface area contributed by atoms with E-state index in [-0.39, 0.29) is 12.1 Å². The van der Waals surface area contributed by atoms with Crippen LogP contribution >= 0.6 is 35.0 Å². The Morgan fingerprint density at radius 2 is 2.04 bits per heavy atom. The van der Waals surface area contributed by atoms with E-state index in [0.29, 0.717) is 23.2 Å². The minimum atomic E-state index is 0.0136. The van der Waals surface area contributed by atoms with Gasteiger partial charge in [0.1, 0.15) is 0 Å². The molecular formula is C17H23Cl2N3O2S. The third-order valence-corrected chi connectivity index (χ3v) is 6.07. The lowest BCUT2D eigenvalue weighted by atomic mass is 10.2. The summed E-state index contributed by atoms with van der Waals surface area (Å²) >= 11 is 14.0. The second-order valence-electron chi connectivity index (χ2n) is 6.26. The van der Waals surface area contributed by atoms with Crippen LogP contribution in [0.1, 0.15) is 5.56 Å². The largest absolute Gasteiger partial charge is 0.374 e. The van der Waals surface area contributed by atoms with Crippen LogP contribution in [0.15, 0.2) is 18.2 Å². The molecule has 0 radical (unpaired) electrons. The Balaban J connectivity index is 1.45. The first-order chi connectivity index (χ1) is 12.1. The average molecular weight is 404 g/mol. The maximum Gasteiger partial charge on any atom is 0.317 e. The van der Waals surface area contributed by atoms with Crippen LogP contribution in [0, 0.1) is 0 Å². The number of halogens is 2. The topological polar surface area (TPSA) is 44.8 Å². The van der Waals surface area contributed by atoms with E-state index in [2.05, 4.69) is 10.2 Å². The number of carbonyl (C=O) groups is 1. The van der Waals surface area contributed by atoms with Crippen molar-refractivity contribution in [3.8, 4) is 0 Å². The summed E-state index contributed by atoms with van der Waals surface area (Å²) in [4.78, 5) is 16.4. The normalized spacial score (nSPS) is 22.0. The van der Waals surface area contributed by atoms with Crippen molar-refractivity contribution in [3.05, 3.63) is 33.8 Å². The van der Waals surface area contributed by atoms with Gasteiger partial charge in [0.2, 0.25) is 0 Å². The first-order valence-electron chi connectivity index (χ1n) is 8.50. The number of ether oxygens (including phenoxy) is 1. The number of amides is 2. The molecule has 3 rings (SSSR count). The van der Waals surface area contributed by atoms with Gasteiger partial charge in [0.15, 0.2) is 0 Å². The fourth-order valence-corrected chi connectivity index (χ4v) is 4.25. The second-order valence-corrected chi connectivity index (χ2v) is 8.30. The molecule has 138 valence electrons. The zero-order chi connectivity index (χ0) is 17.6. The molecule has 2 fully saturated rings. The zero-order valence-corrected chi connectivity index (χ0v) is 16.4. The van der Waals surface area contributed by atoms with Crippen molar-refractivity contribution < 1.29 is 9.53 Å². The molecule has 0 spiro atoms. The lowest BCUT2D eigenvalue weighted by Gasteiger charge is -2.34. The van der Waals surface area contributed by atoms with Crippen molar-refractivity contribution in [2.75, 3.05) is 50.8 Å². The smallest absolute Gasteiger partial charge is 0.317 e. The summed E-state index contributed by atoms with van der Waals surface area (Å²) in [6.07, 6.45) is 0.0136. The number of hydrogen-bond acceptors (Lipinski definition) is 4. The fraction of sp³-hybridized carbons (Fsp3) is 0.588. The molecule has 1 aromatic carbocycles. The van der Waals surface area contributed by atoms with Gasteiger partial charge < -0.3 is 15.0 Å². The van der Waals surface area contributed by atoms with E-state index >= 15 is 0 Å². The van der Waals surface area contributed by atoms with Crippen LogP contribution in [0.2, 0.25) is 10.0 Å². The quantitative estimate of drug-likeness (QED) is 0.838. The summed E-state index contributed by atoms with van der Waals surface area (Å²) in [6.45, 7) is 5.32. The predicted molar refractivity (Wildman–Crippen MR) is 104 cm³/mol. The van der Waals surface area contributed by atoms with Gasteiger partial charge in [0.25, 0.3) is 0 Å². The first-order valence-corrected chi connectivity index (χ1v) is 10.4. The number of nitrogens with one attached hydrogen (secondary N) is 1. The summed E-state index contributed by atoms with van der Waals surface area (Å²) in [5.41, 5.74) is 1.13. The third-order valence-electron chi connectivity index (χ3n) is 4.39. The molecule has 0 saturated carbocycles. The van der Waals surface area contributed by atoms with E-state index < -0.39 is 0 Å². The average Bonchev–Trinajstić information content (AvgIpc) is 2.64. The highest BCUT2D eigenvalue weighted by atomic mass is 35.5. The van der Waals surface area contributed by atoms with Gasteiger partial charge in [-0.1, -0.05) is 29.3 Å². The summed E-state index contributed by atoms with van der Waals surface area (Å²) in [5, 5.41) is 4.16. The van der Waals surface area contributed by atoms with Crippen LogP contribution in [-0.4, -0.2) is 72.8 Å². The molecule has 2 aliphatic rings. The van der Waals surface area contributed by atoms with Gasteiger partial charge in [0.05, 0.1) is 22.8 Å². The van der Waals surface area contributed by atoms with Crippen molar-refractivity contribution in [2.24, 2.45) is 0 Å². The molecule has 8 heteroatoms. The maximum absolute atomic E-state index is 12.2. The summed E-state index contributed by atoms with van der Waals surface area (Å²) in [7, 11) is 0. The van der Waals surface area contributed by atoms with Crippen molar-refractivity contribution in [1.29, 1.82) is 0 Å². The Kier molecular flexibility index (Phi) is 7.13. The minimum Gasteiger partial charge on any atom is -0.374 e. The van der Waals surface area contributed by atoms with E-state index in [1.54, 1.807) is 0 Å². The van der Waals surface area contributed by atoms with E-state index in [1.165, 1.54) is 0 Å². The van der Waals surface area contributed by atoms with Crippen LogP contribution in [0.3, 0.4) is 0 Å². The number of thioether (sulfide) groups is 1. The molecule has 0 bridgehead atoms. The Bertz CT molecular complexity index is 599. The van der Waals surface area contributed by atoms with Gasteiger partial charge in [-0.15, -0.1) is 0 Å². The molecule has 1 N–H and O–H groups in total. The second kappa shape index (κ2) is 9.33. The maximum atomic E-state index is 12.2. The van der Waals surface area contributed by atoms with Crippen molar-refractivity contribution in [1.82, 2.24) is 15.1 Å². The number of nitrogens with zero attached hydrogens (tertiary/aromatic N) is 2. The number of rotatable bonds is 4. The van der Waals surface area contributed by atoms with Crippen molar-refractivity contribution in [3.63, 3.8) is 0 Å². The summed E-state index contributed by atoms with van der Waals surface area (Å²) in [5.74, 6) is 2.04. The Morgan fingerprint density at radius 3 is 2.80 bits per heavy atom. The molecule has 2 saturated heterocycles. The van der Waals surface area contributed by atoms with Crippen LogP contribution in [-0.2, 0) is 11.3 Å². The molecule has 1 atom stereocenters. The van der Waals surface area contributed by atoms with Gasteiger partial charge in [-0.3, -0.25) is 4.90 Å². The number of carbonyl (C=O) groups excluding carboxylic acids is 1. The molecular weight excluding hydrogens is 381 g/mol. The highest BCUT2D eigenvalue weighted by molar-refractivity contribution is 7.99. The minimum absolute atomic E-state index is 0.0136. The Labute approximate surface area is 163 Å². The number of urea groups is 1. The van der Waals surface area contributed by atoms with Gasteiger partial charge in [-0.25, -0.2) is 4.79 Å². The summed E-state index contributed by atoms with van der Waals surface area (Å²) < 4.78 is 5.80. The zero-order valence-electron chi connectivity index (χ0n) is 14.0. The number of morpholine rings is 1. The molecule has 2 amide bonds. The monoisotopic (exact) mass is 403 g/mol. The SMILES string of the molecule is O=C(NCC1CN(Cc2ccc(Cl)c(Cl)c2)CCO1)N1CCSCC1. The van der Waals surface area contributed by atoms with Gasteiger partial charge in [-0.05, 0) is 17.7 Å². The molecule has 0 aliphatic carbocycles. The van der Waals surface area contributed by atoms with Crippen LogP contribution in [0.25, 0.3) is 0 Å². The predicted octanol–water partition coefficient (Wildman–Crippen LogP) is 2.95. The highest BCUT2D eigenvalue weighted by Crippen LogP contribution is 2.23. The molecule has 0 aromatic heterocycles. The Morgan fingerprint density at radius 1 is 1.24 bits per heavy atom. The van der Waals surface area contributed by atoms with Crippen LogP contribution in [0.5, 0.6) is 0 Å². The van der Waals surface area contributed by atoms with E-state index in [0.717, 1.165) is 49.8 Å². The third kappa shape index (κ3) is 5.66. The van der Waals surface area contributed by atoms with Crippen molar-refractivity contribution in [2.45, 2.75) is 12.6 Å². The number of hydrogen-bond donors (Lipinski definition) is 1. The molecule has 1 unspecified atom stereocenters. The molecule has 2 aliphatic heterocycles. The van der Waals surface area contributed by atoms with E-state index in [1.807, 2.05) is 34.9 Å². The summed E-state index contributed by atoms with van der Waals surface area (Å²) in [6, 6.07) is 5.75. The van der Waals surface area contributed by atoms with Crippen LogP contribution in [0.4, 0.5) is 4.79 Å². The van der Waals surface area contributed by atoms with E-state index in [9.17, 15) is 4.79 Å². The van der Waals surface area contributed by atoms with E-state index in [4.69, 9.17) is 27.9 Å². The Hall–Kier alpha value is -0.660. The van der Waals surface area contributed by atoms with Gasteiger partial charge in [0, 0.05) is 50.8 Å². The van der Waals surface area contributed by atoms with Crippen LogP contribution < -0.4 is 5.32 Å². The standard InChI is InChI=1S/C17H23Cl2N3O2S/c18-15-2-1-13(9-16(15)19)11-21-3-6-24-14(12-21)10-20-17(23)22-4-7-25-8-5-22/h1-2,9,14H,3-8,10-12H2,(H,20,23). The lowest BCUT2D eigenvalue weighted by molar-refractivity contribution is -0.0290. The highest BCUT2D eigenvalue weighted by Gasteiger charge is 2.23. The molecule has 1 aromatic rings. The fourth-order valence-electron chi connectivity index (χ4n) is 3.02. The molecule has 2 heterocycles. The first kappa shape index (κ1) is 19.1. The van der Waals surface area contributed by atoms with Gasteiger partial charge in [-0.2, -0.15) is 11.8 Å². The lowest BCUT2D eigenvalue weighted by Crippen LogP contribution is -2.50. The molecule has 25 heavy (non-hydrogen) atoms. The van der Waals surface area contributed by atoms with Crippen molar-refractivity contribution >= 4 is 41.0 Å². The molecule has 5 nitrogen and oxygen atoms in total. The number of benzene rings is 1.